The third-order valence-electron chi connectivity index (χ3n) is 1.55. The molecule has 0 aliphatic rings. The van der Waals surface area contributed by atoms with E-state index in [1.54, 1.807) is 17.8 Å². The van der Waals surface area contributed by atoms with Crippen molar-refractivity contribution in [3.63, 3.8) is 0 Å². The van der Waals surface area contributed by atoms with Crippen molar-refractivity contribution in [2.45, 2.75) is 23.3 Å². The van der Waals surface area contributed by atoms with Crippen LogP contribution in [0.3, 0.4) is 0 Å². The quantitative estimate of drug-likeness (QED) is 0.500. The van der Waals surface area contributed by atoms with Crippen LogP contribution in [0, 0.1) is 0 Å². The van der Waals surface area contributed by atoms with Gasteiger partial charge in [0, 0.05) is 11.3 Å². The Labute approximate surface area is 102 Å². The SMILES string of the molecule is CC(C)Sc1ccc(C(=O)/C=C/C(=O)O)s1. The Morgan fingerprint density at radius 1 is 1.38 bits per heavy atom. The maximum absolute atomic E-state index is 11.5. The van der Waals surface area contributed by atoms with E-state index in [9.17, 15) is 9.59 Å². The van der Waals surface area contributed by atoms with Gasteiger partial charge in [0.2, 0.25) is 0 Å². The number of hydrogen-bond acceptors (Lipinski definition) is 4. The maximum atomic E-state index is 11.5. The van der Waals surface area contributed by atoms with E-state index in [0.29, 0.717) is 10.1 Å². The summed E-state index contributed by atoms with van der Waals surface area (Å²) in [6.07, 6.45) is 1.94. The maximum Gasteiger partial charge on any atom is 0.328 e. The van der Waals surface area contributed by atoms with E-state index in [0.717, 1.165) is 16.4 Å². The summed E-state index contributed by atoms with van der Waals surface area (Å²) in [5.41, 5.74) is 0. The first-order chi connectivity index (χ1) is 7.49. The Kier molecular flexibility index (Phi) is 4.76. The summed E-state index contributed by atoms with van der Waals surface area (Å²) in [4.78, 5) is 22.3. The van der Waals surface area contributed by atoms with Crippen LogP contribution in [0.2, 0.25) is 0 Å². The molecule has 0 atom stereocenters. The van der Waals surface area contributed by atoms with E-state index < -0.39 is 5.97 Å². The van der Waals surface area contributed by atoms with Gasteiger partial charge in [-0.2, -0.15) is 0 Å². The molecule has 0 aliphatic carbocycles. The van der Waals surface area contributed by atoms with Crippen LogP contribution in [0.5, 0.6) is 0 Å². The molecule has 0 spiro atoms. The third kappa shape index (κ3) is 4.20. The number of hydrogen-bond donors (Lipinski definition) is 1. The number of carboxylic acid groups (broad SMARTS) is 1. The van der Waals surface area contributed by atoms with Crippen LogP contribution >= 0.6 is 23.1 Å². The summed E-state index contributed by atoms with van der Waals surface area (Å²) >= 11 is 3.08. The van der Waals surface area contributed by atoms with Gasteiger partial charge in [-0.15, -0.1) is 23.1 Å². The number of rotatable bonds is 5. The Morgan fingerprint density at radius 3 is 2.62 bits per heavy atom. The molecule has 1 rings (SSSR count). The molecule has 1 heterocycles. The zero-order chi connectivity index (χ0) is 12.1. The highest BCUT2D eigenvalue weighted by molar-refractivity contribution is 8.01. The van der Waals surface area contributed by atoms with Crippen LogP contribution in [0.25, 0.3) is 0 Å². The largest absolute Gasteiger partial charge is 0.478 e. The number of carbonyl (C=O) groups is 2. The Hall–Kier alpha value is -1.07. The minimum atomic E-state index is -1.11. The van der Waals surface area contributed by atoms with Crippen LogP contribution < -0.4 is 0 Å². The zero-order valence-electron chi connectivity index (χ0n) is 8.97. The fourth-order valence-electron chi connectivity index (χ4n) is 0.977. The third-order valence-corrected chi connectivity index (χ3v) is 3.83. The van der Waals surface area contributed by atoms with E-state index in [1.807, 2.05) is 6.07 Å². The minimum absolute atomic E-state index is 0.261. The Morgan fingerprint density at radius 2 is 2.06 bits per heavy atom. The number of carboxylic acids is 1. The summed E-state index contributed by atoms with van der Waals surface area (Å²) in [5, 5.41) is 8.86. The second kappa shape index (κ2) is 5.86. The minimum Gasteiger partial charge on any atom is -0.478 e. The van der Waals surface area contributed by atoms with Crippen LogP contribution in [-0.4, -0.2) is 22.1 Å². The van der Waals surface area contributed by atoms with Crippen LogP contribution in [-0.2, 0) is 4.79 Å². The number of thiophene rings is 1. The van der Waals surface area contributed by atoms with E-state index >= 15 is 0 Å². The van der Waals surface area contributed by atoms with Crippen LogP contribution in [0.4, 0.5) is 0 Å². The number of aliphatic carboxylic acids is 1. The van der Waals surface area contributed by atoms with Gasteiger partial charge in [0.25, 0.3) is 0 Å². The molecular formula is C11H12O3S2. The molecule has 86 valence electrons. The number of thioether (sulfide) groups is 1. The van der Waals surface area contributed by atoms with Gasteiger partial charge in [-0.05, 0) is 18.2 Å². The van der Waals surface area contributed by atoms with Crippen molar-refractivity contribution >= 4 is 34.9 Å². The van der Waals surface area contributed by atoms with Gasteiger partial charge in [-0.1, -0.05) is 13.8 Å². The normalized spacial score (nSPS) is 11.2. The zero-order valence-corrected chi connectivity index (χ0v) is 10.6. The molecule has 0 radical (unpaired) electrons. The molecule has 0 saturated carbocycles. The lowest BCUT2D eigenvalue weighted by Gasteiger charge is -1.99. The Bertz CT molecular complexity index is 419. The highest BCUT2D eigenvalue weighted by Crippen LogP contribution is 2.30. The average Bonchev–Trinajstić information content (AvgIpc) is 2.61. The molecule has 0 aliphatic heterocycles. The Balaban J connectivity index is 2.70. The highest BCUT2D eigenvalue weighted by atomic mass is 32.2. The molecule has 1 N–H and O–H groups in total. The lowest BCUT2D eigenvalue weighted by Crippen LogP contribution is -1.93. The van der Waals surface area contributed by atoms with Crippen molar-refractivity contribution in [3.05, 3.63) is 29.2 Å². The second-order valence-electron chi connectivity index (χ2n) is 3.32. The van der Waals surface area contributed by atoms with Crippen LogP contribution in [0.1, 0.15) is 23.5 Å². The lowest BCUT2D eigenvalue weighted by molar-refractivity contribution is -0.131. The van der Waals surface area contributed by atoms with Gasteiger partial charge in [0.15, 0.2) is 5.78 Å². The monoisotopic (exact) mass is 256 g/mol. The molecular weight excluding hydrogens is 244 g/mol. The summed E-state index contributed by atoms with van der Waals surface area (Å²) < 4.78 is 1.07. The first kappa shape index (κ1) is 13.0. The smallest absolute Gasteiger partial charge is 0.328 e. The summed E-state index contributed by atoms with van der Waals surface area (Å²) in [6, 6.07) is 3.61. The topological polar surface area (TPSA) is 54.4 Å². The van der Waals surface area contributed by atoms with Crippen molar-refractivity contribution in [1.29, 1.82) is 0 Å². The van der Waals surface area contributed by atoms with E-state index in [-0.39, 0.29) is 5.78 Å². The van der Waals surface area contributed by atoms with E-state index in [2.05, 4.69) is 13.8 Å². The van der Waals surface area contributed by atoms with Gasteiger partial charge in [-0.25, -0.2) is 4.79 Å². The van der Waals surface area contributed by atoms with Gasteiger partial charge < -0.3 is 5.11 Å². The molecule has 3 nitrogen and oxygen atoms in total. The van der Waals surface area contributed by atoms with Gasteiger partial charge in [-0.3, -0.25) is 4.79 Å². The van der Waals surface area contributed by atoms with Crippen molar-refractivity contribution in [2.24, 2.45) is 0 Å². The van der Waals surface area contributed by atoms with Gasteiger partial charge in [0.1, 0.15) is 0 Å². The molecule has 16 heavy (non-hydrogen) atoms. The molecule has 1 aromatic rings. The highest BCUT2D eigenvalue weighted by Gasteiger charge is 2.08. The molecule has 0 saturated heterocycles. The average molecular weight is 256 g/mol. The summed E-state index contributed by atoms with van der Waals surface area (Å²) in [7, 11) is 0. The van der Waals surface area contributed by atoms with Crippen molar-refractivity contribution < 1.29 is 14.7 Å². The molecule has 0 amide bonds. The molecule has 0 fully saturated rings. The van der Waals surface area contributed by atoms with Gasteiger partial charge in [0.05, 0.1) is 9.09 Å². The standard InChI is InChI=1S/C11H12O3S2/c1-7(2)15-11-6-4-9(16-11)8(12)3-5-10(13)14/h3-7H,1-2H3,(H,13,14)/b5-3+. The van der Waals surface area contributed by atoms with Gasteiger partial charge >= 0.3 is 5.97 Å². The fraction of sp³-hybridized carbons (Fsp3) is 0.273. The van der Waals surface area contributed by atoms with Crippen molar-refractivity contribution in [3.8, 4) is 0 Å². The fourth-order valence-corrected chi connectivity index (χ4v) is 3.29. The summed E-state index contributed by atoms with van der Waals surface area (Å²) in [6.45, 7) is 4.16. The second-order valence-corrected chi connectivity index (χ2v) is 6.28. The first-order valence-electron chi connectivity index (χ1n) is 4.71. The summed E-state index contributed by atoms with van der Waals surface area (Å²) in [5.74, 6) is -1.37. The molecule has 5 heteroatoms. The predicted molar refractivity (Wildman–Crippen MR) is 66.4 cm³/mol. The number of carbonyl (C=O) groups excluding carboxylic acids is 1. The molecule has 1 aromatic heterocycles. The molecule has 0 bridgehead atoms. The number of ketones is 1. The van der Waals surface area contributed by atoms with Crippen LogP contribution in [0.15, 0.2) is 28.5 Å². The lowest BCUT2D eigenvalue weighted by atomic mass is 10.3. The van der Waals surface area contributed by atoms with E-state index in [4.69, 9.17) is 5.11 Å². The first-order valence-corrected chi connectivity index (χ1v) is 6.40. The predicted octanol–water partition coefficient (Wildman–Crippen LogP) is 3.07. The molecule has 0 aromatic carbocycles. The van der Waals surface area contributed by atoms with Crippen molar-refractivity contribution in [2.75, 3.05) is 0 Å². The van der Waals surface area contributed by atoms with Crippen molar-refractivity contribution in [1.82, 2.24) is 0 Å². The number of allylic oxidation sites excluding steroid dienone is 1. The van der Waals surface area contributed by atoms with E-state index in [1.165, 1.54) is 11.3 Å². The molecule has 0 unspecified atom stereocenters.